The highest BCUT2D eigenvalue weighted by molar-refractivity contribution is 6.34. The molecule has 12 heavy (non-hydrogen) atoms. The van der Waals surface area contributed by atoms with Crippen molar-refractivity contribution in [1.82, 2.24) is 0 Å². The van der Waals surface area contributed by atoms with Crippen LogP contribution in [0.4, 0.5) is 0 Å². The van der Waals surface area contributed by atoms with Crippen LogP contribution in [0.3, 0.4) is 0 Å². The summed E-state index contributed by atoms with van der Waals surface area (Å²) in [5.74, 6) is 0. The fraction of sp³-hybridized carbons (Fsp3) is 0.455. The Morgan fingerprint density at radius 2 is 1.50 bits per heavy atom. The molecule has 0 heterocycles. The van der Waals surface area contributed by atoms with Gasteiger partial charge in [0.1, 0.15) is 0 Å². The first kappa shape index (κ1) is 9.84. The summed E-state index contributed by atoms with van der Waals surface area (Å²) >= 11 is 2.86. The number of benzene rings is 1. The molecule has 1 aromatic carbocycles. The number of hydrogen-bond acceptors (Lipinski definition) is 0. The van der Waals surface area contributed by atoms with Crippen molar-refractivity contribution in [3.05, 3.63) is 28.8 Å². The second-order valence-corrected chi connectivity index (χ2v) is 3.78. The molecule has 0 fully saturated rings. The van der Waals surface area contributed by atoms with E-state index in [4.69, 9.17) is 0 Å². The maximum atomic E-state index is 2.86. The first-order valence-corrected chi connectivity index (χ1v) is 5.14. The van der Waals surface area contributed by atoms with Crippen molar-refractivity contribution in [2.24, 2.45) is 0 Å². The van der Waals surface area contributed by atoms with Gasteiger partial charge in [-0.3, -0.25) is 0 Å². The lowest BCUT2D eigenvalue weighted by atomic mass is 10.0. The molecule has 1 heteroatoms. The Labute approximate surface area is 83.4 Å². The molecular formula is C11H15Al. The van der Waals surface area contributed by atoms with Gasteiger partial charge < -0.3 is 0 Å². The Hall–Kier alpha value is -0.248. The van der Waals surface area contributed by atoms with Crippen LogP contribution in [0.25, 0.3) is 0 Å². The molecule has 0 aliphatic carbocycles. The Kier molecular flexibility index (Phi) is 3.38. The highest BCUT2D eigenvalue weighted by Gasteiger charge is 2.00. The van der Waals surface area contributed by atoms with Crippen LogP contribution in [0.1, 0.15) is 30.5 Å². The first-order valence-electron chi connectivity index (χ1n) is 4.56. The topological polar surface area (TPSA) is 0 Å². The van der Waals surface area contributed by atoms with E-state index in [0.717, 1.165) is 12.8 Å². The predicted octanol–water partition coefficient (Wildman–Crippen LogP) is 1.91. The molecule has 1 rings (SSSR count). The number of aryl methyl sites for hydroxylation is 3. The second-order valence-electron chi connectivity index (χ2n) is 3.20. The van der Waals surface area contributed by atoms with Gasteiger partial charge in [-0.15, -0.1) is 4.43 Å². The third-order valence-corrected chi connectivity index (χ3v) is 3.00. The summed E-state index contributed by atoms with van der Waals surface area (Å²) in [7, 11) is 0. The van der Waals surface area contributed by atoms with E-state index in [1.807, 2.05) is 0 Å². The molecule has 0 aliphatic heterocycles. The lowest BCUT2D eigenvalue weighted by Crippen LogP contribution is -2.15. The predicted molar refractivity (Wildman–Crippen MR) is 55.3 cm³/mol. The summed E-state index contributed by atoms with van der Waals surface area (Å²) in [4.78, 5) is 0. The van der Waals surface area contributed by atoms with E-state index in [2.05, 4.69) is 49.2 Å². The van der Waals surface area contributed by atoms with E-state index in [1.54, 1.807) is 0 Å². The van der Waals surface area contributed by atoms with Gasteiger partial charge in [-0.05, 0) is 19.8 Å². The normalized spacial score (nSPS) is 10.2. The Bertz CT molecular complexity index is 251. The Morgan fingerprint density at radius 3 is 1.83 bits per heavy atom. The number of rotatable bonds is 2. The average Bonchev–Trinajstić information content (AvgIpc) is 2.08. The Balaban J connectivity index is 3.22. The fourth-order valence-corrected chi connectivity index (χ4v) is 2.11. The molecule has 0 amide bonds. The highest BCUT2D eigenvalue weighted by Crippen LogP contribution is 2.07. The maximum Gasteiger partial charge on any atom is 0.176 e. The summed E-state index contributed by atoms with van der Waals surface area (Å²) in [6.45, 7) is 6.59. The van der Waals surface area contributed by atoms with Crippen LogP contribution in [0, 0.1) is 6.92 Å². The molecule has 2 radical (unpaired) electrons. The van der Waals surface area contributed by atoms with Gasteiger partial charge in [-0.25, -0.2) is 0 Å². The monoisotopic (exact) mass is 174 g/mol. The summed E-state index contributed by atoms with van der Waals surface area (Å²) in [5, 5.41) is 0. The molecule has 0 atom stereocenters. The van der Waals surface area contributed by atoms with E-state index in [0.29, 0.717) is 0 Å². The van der Waals surface area contributed by atoms with Gasteiger partial charge in [-0.2, -0.15) is 0 Å². The van der Waals surface area contributed by atoms with E-state index >= 15 is 0 Å². The van der Waals surface area contributed by atoms with E-state index in [1.165, 1.54) is 21.1 Å². The molecular weight excluding hydrogens is 159 g/mol. The van der Waals surface area contributed by atoms with Gasteiger partial charge in [0.05, 0.1) is 0 Å². The van der Waals surface area contributed by atoms with Crippen molar-refractivity contribution in [3.8, 4) is 0 Å². The minimum atomic E-state index is 1.13. The van der Waals surface area contributed by atoms with Crippen molar-refractivity contribution >= 4 is 20.7 Å². The zero-order chi connectivity index (χ0) is 9.14. The van der Waals surface area contributed by atoms with Crippen LogP contribution in [0.15, 0.2) is 12.1 Å². The maximum absolute atomic E-state index is 2.86. The van der Waals surface area contributed by atoms with Crippen molar-refractivity contribution in [1.29, 1.82) is 0 Å². The van der Waals surface area contributed by atoms with Crippen LogP contribution >= 0.6 is 0 Å². The minimum Gasteiger partial charge on any atom is -0.133 e. The molecule has 0 aromatic heterocycles. The van der Waals surface area contributed by atoms with Crippen molar-refractivity contribution in [3.63, 3.8) is 0 Å². The molecule has 0 N–H and O–H groups in total. The van der Waals surface area contributed by atoms with Crippen LogP contribution in [-0.2, 0) is 12.8 Å². The Morgan fingerprint density at radius 1 is 1.08 bits per heavy atom. The third-order valence-electron chi connectivity index (χ3n) is 2.26. The van der Waals surface area contributed by atoms with E-state index in [9.17, 15) is 0 Å². The smallest absolute Gasteiger partial charge is 0.133 e. The van der Waals surface area contributed by atoms with Gasteiger partial charge in [0.2, 0.25) is 0 Å². The second kappa shape index (κ2) is 4.12. The van der Waals surface area contributed by atoms with Gasteiger partial charge in [-0.1, -0.05) is 42.7 Å². The molecule has 0 unspecified atom stereocenters. The van der Waals surface area contributed by atoms with Crippen molar-refractivity contribution in [2.45, 2.75) is 33.6 Å². The van der Waals surface area contributed by atoms with Crippen molar-refractivity contribution in [2.75, 3.05) is 0 Å². The molecule has 1 aromatic rings. The largest absolute Gasteiger partial charge is 0.176 e. The van der Waals surface area contributed by atoms with Gasteiger partial charge in [0.15, 0.2) is 16.3 Å². The molecule has 0 spiro atoms. The molecule has 0 aliphatic rings. The molecule has 62 valence electrons. The van der Waals surface area contributed by atoms with Gasteiger partial charge in [0.25, 0.3) is 0 Å². The lowest BCUT2D eigenvalue weighted by molar-refractivity contribution is 1.10. The van der Waals surface area contributed by atoms with E-state index in [-0.39, 0.29) is 0 Å². The van der Waals surface area contributed by atoms with Crippen LogP contribution < -0.4 is 4.43 Å². The van der Waals surface area contributed by atoms with Gasteiger partial charge >= 0.3 is 0 Å². The first-order chi connectivity index (χ1) is 5.69. The highest BCUT2D eigenvalue weighted by atomic mass is 27.0. The standard InChI is InChI=1S/C11H15.Al/c1-4-10-6-9(3)7-11(5-2)8-10;/h6-7H,4-5H2,1-3H3;. The number of hydrogen-bond donors (Lipinski definition) is 0. The third kappa shape index (κ3) is 1.91. The van der Waals surface area contributed by atoms with Crippen molar-refractivity contribution < 1.29 is 0 Å². The molecule has 0 saturated carbocycles. The van der Waals surface area contributed by atoms with Gasteiger partial charge in [0, 0.05) is 0 Å². The molecule has 0 saturated heterocycles. The SMILES string of the molecule is CCc1cc(C)cc(CC)[c]1[Al]. The van der Waals surface area contributed by atoms with Crippen LogP contribution in [0.5, 0.6) is 0 Å². The summed E-state index contributed by atoms with van der Waals surface area (Å²) in [6.07, 6.45) is 2.26. The van der Waals surface area contributed by atoms with Crippen LogP contribution in [0.2, 0.25) is 0 Å². The fourth-order valence-electron chi connectivity index (χ4n) is 1.54. The average molecular weight is 174 g/mol. The van der Waals surface area contributed by atoms with Crippen LogP contribution in [-0.4, -0.2) is 16.3 Å². The van der Waals surface area contributed by atoms with E-state index < -0.39 is 0 Å². The summed E-state index contributed by atoms with van der Waals surface area (Å²) in [6, 6.07) is 4.56. The summed E-state index contributed by atoms with van der Waals surface area (Å²) < 4.78 is 1.41. The molecule has 0 bridgehead atoms. The zero-order valence-corrected chi connectivity index (χ0v) is 9.30. The zero-order valence-electron chi connectivity index (χ0n) is 8.15. The summed E-state index contributed by atoms with van der Waals surface area (Å²) in [5.41, 5.74) is 4.32. The quantitative estimate of drug-likeness (QED) is 0.601. The minimum absolute atomic E-state index is 1.13. The molecule has 0 nitrogen and oxygen atoms in total. The lowest BCUT2D eigenvalue weighted by Gasteiger charge is -2.11.